The maximum Gasteiger partial charge on any atom is 0.423 e. The van der Waals surface area contributed by atoms with Crippen molar-refractivity contribution in [2.45, 2.75) is 44.7 Å². The molecule has 4 aromatic rings. The van der Waals surface area contributed by atoms with Crippen LogP contribution >= 0.6 is 0 Å². The highest BCUT2D eigenvalue weighted by molar-refractivity contribution is 5.86. The van der Waals surface area contributed by atoms with Crippen molar-refractivity contribution < 1.29 is 35.1 Å². The fourth-order valence-corrected chi connectivity index (χ4v) is 4.17. The Morgan fingerprint density at radius 2 is 1.83 bits per heavy atom. The minimum absolute atomic E-state index is 0.132. The molecule has 0 aliphatic heterocycles. The maximum absolute atomic E-state index is 15.0. The van der Waals surface area contributed by atoms with Gasteiger partial charge in [-0.1, -0.05) is 0 Å². The van der Waals surface area contributed by atoms with Crippen LogP contribution in [-0.4, -0.2) is 36.9 Å². The largest absolute Gasteiger partial charge is 0.423 e. The third kappa shape index (κ3) is 5.97. The number of nitrogens with two attached hydrogens (primary N) is 1. The SMILES string of the molecule is CC(CC(F)Cn1ccc2cc(-c3ncc(C(F)F)c(N)n3)c(F)c(F)c2c1=O)Nc1cn[nH]c(=O)c1C(F)(F)F. The molecule has 3 heterocycles. The number of anilines is 2. The van der Waals surface area contributed by atoms with Crippen LogP contribution in [0.1, 0.15) is 30.9 Å². The van der Waals surface area contributed by atoms with E-state index in [1.54, 1.807) is 5.10 Å². The summed E-state index contributed by atoms with van der Waals surface area (Å²) in [6.07, 6.45) is -7.84. The monoisotopic (exact) mass is 589 g/mol. The molecule has 0 fully saturated rings. The Morgan fingerprint density at radius 1 is 1.12 bits per heavy atom. The molecule has 41 heavy (non-hydrogen) atoms. The van der Waals surface area contributed by atoms with E-state index < -0.39 is 99.9 Å². The topological polar surface area (TPSA) is 132 Å². The number of aromatic amines is 1. The van der Waals surface area contributed by atoms with Gasteiger partial charge in [0, 0.05) is 24.9 Å². The van der Waals surface area contributed by atoms with Crippen LogP contribution in [-0.2, 0) is 12.7 Å². The molecule has 2 atom stereocenters. The molecule has 1 aromatic carbocycles. The summed E-state index contributed by atoms with van der Waals surface area (Å²) in [5.41, 5.74) is -0.642. The molecule has 2 unspecified atom stereocenters. The summed E-state index contributed by atoms with van der Waals surface area (Å²) in [4.78, 5) is 31.7. The fourth-order valence-electron chi connectivity index (χ4n) is 4.17. The molecule has 218 valence electrons. The number of hydrogen-bond acceptors (Lipinski definition) is 7. The standard InChI is InChI=1S/C24H19F8N7O2/c1-9(36-14-7-35-38-22(40)16(14)24(30,31)32)4-11(25)8-39-3-2-10-5-12(17(26)18(27)15(10)23(39)41)21-34-6-13(19(28)29)20(33)37-21/h2-3,5-7,9,11,19H,4,8H2,1H3,(H2,33,34,37)(H2,36,38,40). The van der Waals surface area contributed by atoms with E-state index in [1.807, 2.05) is 0 Å². The first-order chi connectivity index (χ1) is 19.2. The lowest BCUT2D eigenvalue weighted by atomic mass is 10.1. The Kier molecular flexibility index (Phi) is 7.98. The van der Waals surface area contributed by atoms with Crippen LogP contribution in [0.4, 0.5) is 46.6 Å². The van der Waals surface area contributed by atoms with Crippen LogP contribution in [0.2, 0.25) is 0 Å². The van der Waals surface area contributed by atoms with E-state index in [9.17, 15) is 40.3 Å². The van der Waals surface area contributed by atoms with Gasteiger partial charge in [0.25, 0.3) is 17.5 Å². The molecule has 0 bridgehead atoms. The van der Waals surface area contributed by atoms with Crippen molar-refractivity contribution in [1.29, 1.82) is 0 Å². The van der Waals surface area contributed by atoms with Gasteiger partial charge in [0.1, 0.15) is 17.6 Å². The summed E-state index contributed by atoms with van der Waals surface area (Å²) >= 11 is 0. The molecule has 0 saturated heterocycles. The molecule has 0 saturated carbocycles. The van der Waals surface area contributed by atoms with Gasteiger partial charge in [-0.25, -0.2) is 37.0 Å². The lowest BCUT2D eigenvalue weighted by Crippen LogP contribution is -2.30. The third-order valence-electron chi connectivity index (χ3n) is 6.02. The molecule has 17 heteroatoms. The summed E-state index contributed by atoms with van der Waals surface area (Å²) in [5, 5.41) is 6.47. The van der Waals surface area contributed by atoms with Crippen molar-refractivity contribution >= 4 is 22.3 Å². The summed E-state index contributed by atoms with van der Waals surface area (Å²) in [6.45, 7) is 0.661. The molecule has 3 aromatic heterocycles. The molecule has 9 nitrogen and oxygen atoms in total. The van der Waals surface area contributed by atoms with Crippen molar-refractivity contribution in [1.82, 2.24) is 24.7 Å². The number of fused-ring (bicyclic) bond motifs is 1. The predicted octanol–water partition coefficient (Wildman–Crippen LogP) is 4.59. The zero-order valence-corrected chi connectivity index (χ0v) is 20.7. The Labute approximate surface area is 224 Å². The smallest absolute Gasteiger partial charge is 0.383 e. The zero-order valence-electron chi connectivity index (χ0n) is 20.7. The van der Waals surface area contributed by atoms with Gasteiger partial charge >= 0.3 is 6.18 Å². The first kappa shape index (κ1) is 29.4. The molecule has 0 aliphatic rings. The van der Waals surface area contributed by atoms with Gasteiger partial charge in [-0.3, -0.25) is 9.59 Å². The van der Waals surface area contributed by atoms with Crippen molar-refractivity contribution in [3.63, 3.8) is 0 Å². The summed E-state index contributed by atoms with van der Waals surface area (Å²) in [7, 11) is 0. The van der Waals surface area contributed by atoms with E-state index in [2.05, 4.69) is 20.4 Å². The molecular formula is C24H19F8N7O2. The predicted molar refractivity (Wildman–Crippen MR) is 131 cm³/mol. The maximum atomic E-state index is 15.0. The quantitative estimate of drug-likeness (QED) is 0.256. The molecular weight excluding hydrogens is 570 g/mol. The Balaban J connectivity index is 1.57. The van der Waals surface area contributed by atoms with Gasteiger partial charge in [-0.2, -0.15) is 18.3 Å². The number of pyridine rings is 1. The van der Waals surface area contributed by atoms with Crippen molar-refractivity contribution in [2.24, 2.45) is 0 Å². The Hall–Kier alpha value is -4.57. The highest BCUT2D eigenvalue weighted by Crippen LogP contribution is 2.32. The zero-order chi connectivity index (χ0) is 30.2. The average Bonchev–Trinajstić information content (AvgIpc) is 2.86. The van der Waals surface area contributed by atoms with Crippen LogP contribution < -0.4 is 22.2 Å². The minimum Gasteiger partial charge on any atom is -0.383 e. The third-order valence-corrected chi connectivity index (χ3v) is 6.02. The second-order valence-corrected chi connectivity index (χ2v) is 8.99. The van der Waals surface area contributed by atoms with Gasteiger partial charge in [0.05, 0.1) is 34.9 Å². The van der Waals surface area contributed by atoms with Crippen LogP contribution in [0, 0.1) is 11.6 Å². The summed E-state index contributed by atoms with van der Waals surface area (Å²) in [6, 6.07) is 1.20. The summed E-state index contributed by atoms with van der Waals surface area (Å²) in [5.74, 6) is -4.35. The van der Waals surface area contributed by atoms with E-state index >= 15 is 4.39 Å². The summed E-state index contributed by atoms with van der Waals surface area (Å²) < 4.78 is 111. The second kappa shape index (κ2) is 11.1. The van der Waals surface area contributed by atoms with Crippen LogP contribution in [0.25, 0.3) is 22.2 Å². The van der Waals surface area contributed by atoms with E-state index in [0.29, 0.717) is 6.20 Å². The second-order valence-electron chi connectivity index (χ2n) is 8.99. The molecule has 0 spiro atoms. The number of alkyl halides is 6. The van der Waals surface area contributed by atoms with Crippen molar-refractivity contribution in [3.8, 4) is 11.4 Å². The Bertz CT molecular complexity index is 1720. The van der Waals surface area contributed by atoms with Gasteiger partial charge in [0.15, 0.2) is 17.5 Å². The highest BCUT2D eigenvalue weighted by atomic mass is 19.4. The average molecular weight is 589 g/mol. The highest BCUT2D eigenvalue weighted by Gasteiger charge is 2.37. The first-order valence-electron chi connectivity index (χ1n) is 11.7. The van der Waals surface area contributed by atoms with Crippen LogP contribution in [0.5, 0.6) is 0 Å². The lowest BCUT2D eigenvalue weighted by Gasteiger charge is -2.20. The Morgan fingerprint density at radius 3 is 2.46 bits per heavy atom. The number of H-pyrrole nitrogens is 1. The van der Waals surface area contributed by atoms with Gasteiger partial charge < -0.3 is 15.6 Å². The van der Waals surface area contributed by atoms with Crippen molar-refractivity contribution in [3.05, 3.63) is 74.2 Å². The molecule has 0 amide bonds. The first-order valence-corrected chi connectivity index (χ1v) is 11.7. The minimum atomic E-state index is -5.01. The number of halogens is 8. The molecule has 0 radical (unpaired) electrons. The number of rotatable bonds is 8. The van der Waals surface area contributed by atoms with Crippen molar-refractivity contribution in [2.75, 3.05) is 11.1 Å². The van der Waals surface area contributed by atoms with Gasteiger partial charge in [-0.15, -0.1) is 0 Å². The normalized spacial score (nSPS) is 13.5. The van der Waals surface area contributed by atoms with Gasteiger partial charge in [-0.05, 0) is 24.4 Å². The van der Waals surface area contributed by atoms with E-state index in [0.717, 1.165) is 23.0 Å². The fraction of sp³-hybridized carbons (Fsp3) is 0.292. The number of nitrogens with one attached hydrogen (secondary N) is 2. The molecule has 4 N–H and O–H groups in total. The number of nitrogen functional groups attached to an aromatic ring is 1. The van der Waals surface area contributed by atoms with E-state index in [1.165, 1.54) is 13.0 Å². The van der Waals surface area contributed by atoms with Gasteiger partial charge in [0.2, 0.25) is 0 Å². The number of aromatic nitrogens is 5. The lowest BCUT2D eigenvalue weighted by molar-refractivity contribution is -0.138. The number of nitrogens with zero attached hydrogens (tertiary/aromatic N) is 4. The number of benzene rings is 1. The van der Waals surface area contributed by atoms with Crippen LogP contribution in [0.3, 0.4) is 0 Å². The van der Waals surface area contributed by atoms with E-state index in [4.69, 9.17) is 5.73 Å². The molecule has 0 aliphatic carbocycles. The van der Waals surface area contributed by atoms with Crippen LogP contribution in [0.15, 0.2) is 40.3 Å². The number of hydrogen-bond donors (Lipinski definition) is 3. The van der Waals surface area contributed by atoms with E-state index in [-0.39, 0.29) is 5.39 Å². The molecule has 4 rings (SSSR count).